The number of benzene rings is 1. The van der Waals surface area contributed by atoms with Crippen molar-refractivity contribution in [2.75, 3.05) is 13.2 Å². The van der Waals surface area contributed by atoms with Crippen molar-refractivity contribution in [1.29, 1.82) is 0 Å². The Kier molecular flexibility index (Phi) is 3.93. The number of nitrogens with zero attached hydrogens (tertiary/aromatic N) is 4. The van der Waals surface area contributed by atoms with E-state index in [-0.39, 0.29) is 13.2 Å². The molecule has 2 heterocycles. The lowest BCUT2D eigenvalue weighted by Gasteiger charge is -2.12. The third kappa shape index (κ3) is 2.60. The summed E-state index contributed by atoms with van der Waals surface area (Å²) in [4.78, 5) is 4.47. The van der Waals surface area contributed by atoms with Crippen molar-refractivity contribution in [3.05, 3.63) is 48.5 Å². The van der Waals surface area contributed by atoms with E-state index in [0.29, 0.717) is 5.75 Å². The number of hydrogen-bond acceptors (Lipinski definition) is 4. The van der Waals surface area contributed by atoms with E-state index in [9.17, 15) is 0 Å². The molecular formula is C16H18N4O2. The number of aliphatic hydroxyl groups excluding tert-OH is 1. The van der Waals surface area contributed by atoms with Crippen LogP contribution in [0.1, 0.15) is 5.69 Å². The van der Waals surface area contributed by atoms with Gasteiger partial charge in [0.1, 0.15) is 18.2 Å². The fourth-order valence-corrected chi connectivity index (χ4v) is 2.45. The molecule has 0 fully saturated rings. The van der Waals surface area contributed by atoms with E-state index in [1.165, 1.54) is 0 Å². The smallest absolute Gasteiger partial charge is 0.148 e. The van der Waals surface area contributed by atoms with Crippen LogP contribution in [-0.2, 0) is 7.05 Å². The molecular weight excluding hydrogens is 280 g/mol. The minimum atomic E-state index is -0.0233. The monoisotopic (exact) mass is 298 g/mol. The SMILES string of the molecule is Cc1nn(C)cc1-n1ccnc1-c1ccccc1OCCO. The van der Waals surface area contributed by atoms with Crippen LogP contribution in [0.15, 0.2) is 42.9 Å². The zero-order valence-corrected chi connectivity index (χ0v) is 12.6. The molecule has 0 saturated heterocycles. The molecule has 0 unspecified atom stereocenters. The van der Waals surface area contributed by atoms with Crippen molar-refractivity contribution >= 4 is 0 Å². The van der Waals surface area contributed by atoms with E-state index < -0.39 is 0 Å². The average molecular weight is 298 g/mol. The fourth-order valence-electron chi connectivity index (χ4n) is 2.45. The van der Waals surface area contributed by atoms with Gasteiger partial charge in [-0.2, -0.15) is 5.10 Å². The largest absolute Gasteiger partial charge is 0.490 e. The second kappa shape index (κ2) is 6.03. The normalized spacial score (nSPS) is 10.9. The maximum Gasteiger partial charge on any atom is 0.148 e. The Bertz CT molecular complexity index is 776. The lowest BCUT2D eigenvalue weighted by atomic mass is 10.2. The highest BCUT2D eigenvalue weighted by atomic mass is 16.5. The van der Waals surface area contributed by atoms with Crippen molar-refractivity contribution in [2.24, 2.45) is 7.05 Å². The average Bonchev–Trinajstić information content (AvgIpc) is 3.11. The number of rotatable bonds is 5. The zero-order valence-electron chi connectivity index (χ0n) is 12.6. The molecule has 0 saturated carbocycles. The van der Waals surface area contributed by atoms with Gasteiger partial charge in [0.25, 0.3) is 0 Å². The van der Waals surface area contributed by atoms with Crippen LogP contribution in [0.5, 0.6) is 5.75 Å². The van der Waals surface area contributed by atoms with Crippen molar-refractivity contribution in [2.45, 2.75) is 6.92 Å². The Labute approximate surface area is 128 Å². The number of imidazole rings is 1. The fraction of sp³-hybridized carbons (Fsp3) is 0.250. The number of para-hydroxylation sites is 1. The molecule has 1 aromatic carbocycles. The number of aliphatic hydroxyl groups is 1. The zero-order chi connectivity index (χ0) is 15.5. The van der Waals surface area contributed by atoms with Gasteiger partial charge in [0, 0.05) is 25.6 Å². The van der Waals surface area contributed by atoms with Gasteiger partial charge in [-0.1, -0.05) is 12.1 Å². The molecule has 114 valence electrons. The Balaban J connectivity index is 2.08. The number of hydrogen-bond donors (Lipinski definition) is 1. The van der Waals surface area contributed by atoms with Crippen LogP contribution in [0.3, 0.4) is 0 Å². The third-order valence-electron chi connectivity index (χ3n) is 3.36. The minimum absolute atomic E-state index is 0.0233. The van der Waals surface area contributed by atoms with Crippen LogP contribution in [0.25, 0.3) is 17.1 Å². The van der Waals surface area contributed by atoms with Gasteiger partial charge in [-0.05, 0) is 19.1 Å². The molecule has 1 N–H and O–H groups in total. The van der Waals surface area contributed by atoms with E-state index in [1.807, 2.05) is 55.2 Å². The summed E-state index contributed by atoms with van der Waals surface area (Å²) in [6.07, 6.45) is 5.62. The lowest BCUT2D eigenvalue weighted by Crippen LogP contribution is -2.04. The van der Waals surface area contributed by atoms with E-state index in [0.717, 1.165) is 22.8 Å². The van der Waals surface area contributed by atoms with Gasteiger partial charge in [-0.15, -0.1) is 0 Å². The number of aryl methyl sites for hydroxylation is 2. The van der Waals surface area contributed by atoms with Crippen LogP contribution in [0, 0.1) is 6.92 Å². The molecule has 0 aliphatic carbocycles. The molecule has 3 rings (SSSR count). The second-order valence-electron chi connectivity index (χ2n) is 4.96. The molecule has 6 nitrogen and oxygen atoms in total. The van der Waals surface area contributed by atoms with E-state index in [2.05, 4.69) is 10.1 Å². The molecule has 6 heteroatoms. The molecule has 22 heavy (non-hydrogen) atoms. The predicted molar refractivity (Wildman–Crippen MR) is 83.1 cm³/mol. The van der Waals surface area contributed by atoms with Crippen molar-refractivity contribution in [3.63, 3.8) is 0 Å². The maximum atomic E-state index is 8.96. The summed E-state index contributed by atoms with van der Waals surface area (Å²) in [6.45, 7) is 2.20. The molecule has 2 aromatic heterocycles. The Hall–Kier alpha value is -2.60. The Morgan fingerprint density at radius 1 is 1.27 bits per heavy atom. The Morgan fingerprint density at radius 2 is 2.09 bits per heavy atom. The number of aromatic nitrogens is 4. The summed E-state index contributed by atoms with van der Waals surface area (Å²) in [5, 5.41) is 13.3. The first kappa shape index (κ1) is 14.3. The van der Waals surface area contributed by atoms with E-state index >= 15 is 0 Å². The van der Waals surface area contributed by atoms with Crippen LogP contribution >= 0.6 is 0 Å². The van der Waals surface area contributed by atoms with Gasteiger partial charge in [0.15, 0.2) is 0 Å². The van der Waals surface area contributed by atoms with Gasteiger partial charge in [0.05, 0.1) is 23.6 Å². The summed E-state index contributed by atoms with van der Waals surface area (Å²) in [6, 6.07) is 7.67. The molecule has 0 bridgehead atoms. The van der Waals surface area contributed by atoms with Gasteiger partial charge in [0.2, 0.25) is 0 Å². The van der Waals surface area contributed by atoms with Gasteiger partial charge < -0.3 is 9.84 Å². The minimum Gasteiger partial charge on any atom is -0.490 e. The summed E-state index contributed by atoms with van der Waals surface area (Å²) in [5.41, 5.74) is 2.78. The first-order valence-electron chi connectivity index (χ1n) is 7.07. The van der Waals surface area contributed by atoms with Crippen molar-refractivity contribution < 1.29 is 9.84 Å². The quantitative estimate of drug-likeness (QED) is 0.782. The summed E-state index contributed by atoms with van der Waals surface area (Å²) >= 11 is 0. The molecule has 0 radical (unpaired) electrons. The lowest BCUT2D eigenvalue weighted by molar-refractivity contribution is 0.202. The number of ether oxygens (including phenoxy) is 1. The molecule has 0 aliphatic heterocycles. The summed E-state index contributed by atoms with van der Waals surface area (Å²) in [7, 11) is 1.89. The van der Waals surface area contributed by atoms with E-state index in [4.69, 9.17) is 9.84 Å². The molecule has 0 spiro atoms. The first-order chi connectivity index (χ1) is 10.7. The van der Waals surface area contributed by atoms with Gasteiger partial charge in [-0.25, -0.2) is 4.98 Å². The standard InChI is InChI=1S/C16H18N4O2/c1-12-14(11-19(2)18-12)20-8-7-17-16(20)13-5-3-4-6-15(13)22-10-9-21/h3-8,11,21H,9-10H2,1-2H3. The highest BCUT2D eigenvalue weighted by molar-refractivity contribution is 5.66. The summed E-state index contributed by atoms with van der Waals surface area (Å²) < 4.78 is 9.38. The predicted octanol–water partition coefficient (Wildman–Crippen LogP) is 1.95. The van der Waals surface area contributed by atoms with Crippen molar-refractivity contribution in [3.8, 4) is 22.8 Å². The highest BCUT2D eigenvalue weighted by Crippen LogP contribution is 2.30. The maximum absolute atomic E-state index is 8.96. The second-order valence-corrected chi connectivity index (χ2v) is 4.96. The van der Waals surface area contributed by atoms with Gasteiger partial charge in [-0.3, -0.25) is 9.25 Å². The van der Waals surface area contributed by atoms with Gasteiger partial charge >= 0.3 is 0 Å². The van der Waals surface area contributed by atoms with Crippen molar-refractivity contribution in [1.82, 2.24) is 19.3 Å². The molecule has 0 atom stereocenters. The van der Waals surface area contributed by atoms with Crippen LogP contribution in [-0.4, -0.2) is 37.7 Å². The van der Waals surface area contributed by atoms with Crippen LogP contribution < -0.4 is 4.74 Å². The molecule has 0 amide bonds. The van der Waals surface area contributed by atoms with Crippen LogP contribution in [0.2, 0.25) is 0 Å². The topological polar surface area (TPSA) is 65.1 Å². The van der Waals surface area contributed by atoms with E-state index in [1.54, 1.807) is 10.9 Å². The molecule has 3 aromatic rings. The molecule has 0 aliphatic rings. The van der Waals surface area contributed by atoms with Crippen LogP contribution in [0.4, 0.5) is 0 Å². The third-order valence-corrected chi connectivity index (χ3v) is 3.36. The Morgan fingerprint density at radius 3 is 2.82 bits per heavy atom. The first-order valence-corrected chi connectivity index (χ1v) is 7.07. The summed E-state index contributed by atoms with van der Waals surface area (Å²) in [5.74, 6) is 1.48. The highest BCUT2D eigenvalue weighted by Gasteiger charge is 2.15.